The van der Waals surface area contributed by atoms with Crippen molar-refractivity contribution in [1.82, 2.24) is 19.3 Å². The molecule has 5 rings (SSSR count). The number of halogens is 4. The average molecular weight is 445 g/mol. The van der Waals surface area contributed by atoms with Crippen LogP contribution in [0, 0.1) is 5.82 Å². The summed E-state index contributed by atoms with van der Waals surface area (Å²) in [5, 5.41) is 0. The summed E-state index contributed by atoms with van der Waals surface area (Å²) in [7, 11) is 1.45. The van der Waals surface area contributed by atoms with Crippen molar-refractivity contribution in [2.75, 3.05) is 19.4 Å². The molecule has 0 saturated heterocycles. The van der Waals surface area contributed by atoms with Gasteiger partial charge >= 0.3 is 6.18 Å². The number of carbonyl (C=O) groups excluding carboxylic acids is 1. The summed E-state index contributed by atoms with van der Waals surface area (Å²) in [6.45, 7) is -0.0437. The Morgan fingerprint density at radius 3 is 2.78 bits per heavy atom. The molecular weight excluding hydrogens is 430 g/mol. The smallest absolute Gasteiger partial charge is 0.416 e. The quantitative estimate of drug-likeness (QED) is 0.474. The van der Waals surface area contributed by atoms with E-state index in [4.69, 9.17) is 10.5 Å². The molecule has 0 spiro atoms. The van der Waals surface area contributed by atoms with Crippen molar-refractivity contribution in [2.45, 2.75) is 12.2 Å². The summed E-state index contributed by atoms with van der Waals surface area (Å²) >= 11 is 0. The third-order valence-corrected chi connectivity index (χ3v) is 5.58. The lowest BCUT2D eigenvalue weighted by molar-refractivity contribution is -0.137. The van der Waals surface area contributed by atoms with Crippen LogP contribution in [-0.2, 0) is 6.18 Å². The van der Waals surface area contributed by atoms with E-state index in [2.05, 4.69) is 9.97 Å². The molecule has 0 aliphatic carbocycles. The van der Waals surface area contributed by atoms with Crippen molar-refractivity contribution in [3.63, 3.8) is 0 Å². The number of nitrogens with two attached hydrogens (primary N) is 1. The van der Waals surface area contributed by atoms with Crippen molar-refractivity contribution in [3.8, 4) is 5.75 Å². The molecule has 1 atom stereocenters. The number of alkyl halides is 3. The number of carbonyl (C=O) groups is 1. The fraction of sp³-hybridized carbons (Fsp3) is 0.190. The fourth-order valence-electron chi connectivity index (χ4n) is 3.88. The minimum atomic E-state index is -4.51. The van der Waals surface area contributed by atoms with Crippen LogP contribution >= 0.6 is 0 Å². The van der Waals surface area contributed by atoms with Crippen LogP contribution in [0.15, 0.2) is 42.9 Å². The minimum Gasteiger partial charge on any atom is -0.491 e. The van der Waals surface area contributed by atoms with E-state index in [9.17, 15) is 22.4 Å². The number of imidazole rings is 1. The van der Waals surface area contributed by atoms with Gasteiger partial charge in [0, 0.05) is 18.7 Å². The number of nitrogen functional groups attached to an aromatic ring is 1. The molecular formula is C21H15F4N5O2. The van der Waals surface area contributed by atoms with Gasteiger partial charge in [-0.05, 0) is 18.2 Å². The zero-order valence-electron chi connectivity index (χ0n) is 16.5. The van der Waals surface area contributed by atoms with Crippen molar-refractivity contribution < 1.29 is 27.1 Å². The Labute approximate surface area is 178 Å². The number of aromatic nitrogens is 3. The second kappa shape index (κ2) is 6.81. The molecule has 3 heterocycles. The highest BCUT2D eigenvalue weighted by Crippen LogP contribution is 2.40. The second-order valence-electron chi connectivity index (χ2n) is 7.46. The van der Waals surface area contributed by atoms with E-state index in [1.807, 2.05) is 0 Å². The molecule has 2 N–H and O–H groups in total. The van der Waals surface area contributed by atoms with Gasteiger partial charge < -0.3 is 15.4 Å². The number of benzene rings is 2. The Morgan fingerprint density at radius 1 is 1.25 bits per heavy atom. The first-order valence-corrected chi connectivity index (χ1v) is 9.47. The lowest BCUT2D eigenvalue weighted by atomic mass is 10.0. The van der Waals surface area contributed by atoms with E-state index in [1.165, 1.54) is 36.6 Å². The van der Waals surface area contributed by atoms with E-state index in [0.717, 1.165) is 18.2 Å². The largest absolute Gasteiger partial charge is 0.491 e. The summed E-state index contributed by atoms with van der Waals surface area (Å²) in [6.07, 6.45) is -1.53. The number of rotatable bonds is 2. The van der Waals surface area contributed by atoms with Gasteiger partial charge in [0.2, 0.25) is 0 Å². The van der Waals surface area contributed by atoms with E-state index >= 15 is 0 Å². The molecule has 1 amide bonds. The summed E-state index contributed by atoms with van der Waals surface area (Å²) in [5.74, 6) is -1.24. The molecule has 2 aromatic carbocycles. The molecule has 1 unspecified atom stereocenters. The predicted octanol–water partition coefficient (Wildman–Crippen LogP) is 3.83. The SMILES string of the molecule is CN(C(=O)c1cc2c(cc1F)nc(N)c1cncn12)C1COc2cc(C(F)(F)F)ccc21. The summed E-state index contributed by atoms with van der Waals surface area (Å²) in [5.41, 5.74) is 6.42. The number of nitrogens with zero attached hydrogens (tertiary/aromatic N) is 4. The van der Waals surface area contributed by atoms with Crippen molar-refractivity contribution in [2.24, 2.45) is 0 Å². The summed E-state index contributed by atoms with van der Waals surface area (Å²) in [6, 6.07) is 4.90. The molecule has 0 fully saturated rings. The molecule has 1 aliphatic heterocycles. The maximum atomic E-state index is 14.8. The van der Waals surface area contributed by atoms with Gasteiger partial charge in [0.1, 0.15) is 29.5 Å². The molecule has 2 aromatic heterocycles. The first-order chi connectivity index (χ1) is 15.1. The Kier molecular flexibility index (Phi) is 4.26. The Morgan fingerprint density at radius 2 is 2.03 bits per heavy atom. The number of likely N-dealkylation sites (N-methyl/N-ethyl adjacent to an activating group) is 1. The van der Waals surface area contributed by atoms with Gasteiger partial charge in [-0.3, -0.25) is 9.20 Å². The van der Waals surface area contributed by atoms with Crippen LogP contribution in [0.2, 0.25) is 0 Å². The van der Waals surface area contributed by atoms with Crippen LogP contribution in [0.4, 0.5) is 23.4 Å². The van der Waals surface area contributed by atoms with Crippen molar-refractivity contribution >= 4 is 28.3 Å². The first kappa shape index (κ1) is 20.0. The highest BCUT2D eigenvalue weighted by molar-refractivity contribution is 5.98. The van der Waals surface area contributed by atoms with Crippen LogP contribution in [0.25, 0.3) is 16.6 Å². The third-order valence-electron chi connectivity index (χ3n) is 5.58. The number of ether oxygens (including phenoxy) is 1. The molecule has 1 aliphatic rings. The topological polar surface area (TPSA) is 85.8 Å². The molecule has 0 saturated carbocycles. The molecule has 32 heavy (non-hydrogen) atoms. The summed E-state index contributed by atoms with van der Waals surface area (Å²) < 4.78 is 60.7. The number of fused-ring (bicyclic) bond motifs is 4. The predicted molar refractivity (Wildman–Crippen MR) is 107 cm³/mol. The normalized spacial score (nSPS) is 15.7. The highest BCUT2D eigenvalue weighted by atomic mass is 19.4. The van der Waals surface area contributed by atoms with Gasteiger partial charge in [0.25, 0.3) is 5.91 Å². The van der Waals surface area contributed by atoms with Gasteiger partial charge in [-0.25, -0.2) is 14.4 Å². The minimum absolute atomic E-state index is 0.0437. The monoisotopic (exact) mass is 445 g/mol. The number of hydrogen-bond acceptors (Lipinski definition) is 5. The van der Waals surface area contributed by atoms with Crippen molar-refractivity contribution in [3.05, 3.63) is 65.4 Å². The number of amides is 1. The Bertz CT molecular complexity index is 1400. The van der Waals surface area contributed by atoms with Crippen LogP contribution in [0.3, 0.4) is 0 Å². The highest BCUT2D eigenvalue weighted by Gasteiger charge is 2.36. The molecule has 164 valence electrons. The average Bonchev–Trinajstić information content (AvgIpc) is 3.39. The molecule has 0 radical (unpaired) electrons. The van der Waals surface area contributed by atoms with Gasteiger partial charge in [-0.1, -0.05) is 6.07 Å². The Balaban J connectivity index is 1.53. The van der Waals surface area contributed by atoms with Crippen LogP contribution in [0.1, 0.15) is 27.5 Å². The maximum Gasteiger partial charge on any atom is 0.416 e. The third kappa shape index (κ3) is 3.00. The van der Waals surface area contributed by atoms with Crippen molar-refractivity contribution in [1.29, 1.82) is 0 Å². The van der Waals surface area contributed by atoms with Gasteiger partial charge in [-0.2, -0.15) is 13.2 Å². The fourth-order valence-corrected chi connectivity index (χ4v) is 3.88. The lowest BCUT2D eigenvalue weighted by Crippen LogP contribution is -2.32. The van der Waals surface area contributed by atoms with Gasteiger partial charge in [0.15, 0.2) is 0 Å². The molecule has 11 heteroatoms. The van der Waals surface area contributed by atoms with E-state index in [0.29, 0.717) is 16.6 Å². The van der Waals surface area contributed by atoms with E-state index < -0.39 is 29.5 Å². The van der Waals surface area contributed by atoms with Crippen LogP contribution in [0.5, 0.6) is 5.75 Å². The standard InChI is InChI=1S/C21H15F4N5O2/c1-29(17-8-32-18-4-10(21(23,24)25)2-3-11(17)18)20(31)12-5-15-14(6-13(12)22)28-19(26)16-7-27-9-30(15)16/h2-7,9,17H,8H2,1H3,(H2,26,28). The molecule has 0 bridgehead atoms. The zero-order chi connectivity index (χ0) is 22.8. The van der Waals surface area contributed by atoms with E-state index in [1.54, 1.807) is 4.40 Å². The first-order valence-electron chi connectivity index (χ1n) is 9.47. The molecule has 7 nitrogen and oxygen atoms in total. The summed E-state index contributed by atoms with van der Waals surface area (Å²) in [4.78, 5) is 22.6. The maximum absolute atomic E-state index is 14.8. The number of hydrogen-bond donors (Lipinski definition) is 1. The second-order valence-corrected chi connectivity index (χ2v) is 7.46. The van der Waals surface area contributed by atoms with E-state index in [-0.39, 0.29) is 29.3 Å². The lowest BCUT2D eigenvalue weighted by Gasteiger charge is -2.24. The van der Waals surface area contributed by atoms with Gasteiger partial charge in [0.05, 0.1) is 40.7 Å². The van der Waals surface area contributed by atoms with Gasteiger partial charge in [-0.15, -0.1) is 0 Å². The number of anilines is 1. The zero-order valence-corrected chi connectivity index (χ0v) is 16.5. The Hall–Kier alpha value is -3.89. The van der Waals surface area contributed by atoms with Crippen LogP contribution in [-0.4, -0.2) is 38.8 Å². The molecule has 4 aromatic rings. The van der Waals surface area contributed by atoms with Crippen LogP contribution < -0.4 is 10.5 Å².